The van der Waals surface area contributed by atoms with E-state index in [4.69, 9.17) is 4.18 Å². The van der Waals surface area contributed by atoms with E-state index >= 15 is 0 Å². The van der Waals surface area contributed by atoms with Gasteiger partial charge < -0.3 is 0 Å². The molecular formula is C53H108O3S. The quantitative estimate of drug-likeness (QED) is 0.0453. The lowest BCUT2D eigenvalue weighted by Crippen LogP contribution is -2.18. The molecule has 0 aliphatic carbocycles. The van der Waals surface area contributed by atoms with Gasteiger partial charge in [0, 0.05) is 0 Å². The summed E-state index contributed by atoms with van der Waals surface area (Å²) < 4.78 is 30.0. The van der Waals surface area contributed by atoms with Crippen LogP contribution in [0.1, 0.15) is 323 Å². The normalized spacial score (nSPS) is 12.6. The molecular weight excluding hydrogens is 717 g/mol. The van der Waals surface area contributed by atoms with Crippen molar-refractivity contribution in [3.8, 4) is 0 Å². The summed E-state index contributed by atoms with van der Waals surface area (Å²) >= 11 is 0. The van der Waals surface area contributed by atoms with E-state index in [9.17, 15) is 8.42 Å². The Morgan fingerprint density at radius 2 is 0.474 bits per heavy atom. The molecule has 0 aromatic carbocycles. The van der Waals surface area contributed by atoms with Crippen molar-refractivity contribution in [2.24, 2.45) is 5.92 Å². The van der Waals surface area contributed by atoms with Crippen molar-refractivity contribution in [2.45, 2.75) is 329 Å². The van der Waals surface area contributed by atoms with E-state index in [1.807, 2.05) is 0 Å². The molecule has 0 aliphatic rings. The highest BCUT2D eigenvalue weighted by atomic mass is 32.2. The summed E-state index contributed by atoms with van der Waals surface area (Å²) in [5.74, 6) is 0.801. The maximum absolute atomic E-state index is 12.2. The maximum Gasteiger partial charge on any atom is 0.264 e. The fourth-order valence-corrected chi connectivity index (χ4v) is 9.89. The Kier molecular flexibility index (Phi) is 46.9. The summed E-state index contributed by atoms with van der Waals surface area (Å²) in [7, 11) is -3.42. The monoisotopic (exact) mass is 825 g/mol. The van der Waals surface area contributed by atoms with Gasteiger partial charge in [-0.2, -0.15) is 8.42 Å². The minimum absolute atomic E-state index is 0.129. The zero-order chi connectivity index (χ0) is 41.6. The average molecular weight is 826 g/mol. The molecule has 344 valence electrons. The third-order valence-electron chi connectivity index (χ3n) is 13.0. The van der Waals surface area contributed by atoms with Gasteiger partial charge in [-0.3, -0.25) is 4.18 Å². The van der Waals surface area contributed by atoms with E-state index in [1.54, 1.807) is 0 Å². The molecule has 0 N–H and O–H groups in total. The zero-order valence-electron chi connectivity index (χ0n) is 40.0. The van der Waals surface area contributed by atoms with Crippen molar-refractivity contribution in [2.75, 3.05) is 6.26 Å². The molecule has 0 heterocycles. The second-order valence-electron chi connectivity index (χ2n) is 19.0. The number of rotatable bonds is 50. The van der Waals surface area contributed by atoms with E-state index in [-0.39, 0.29) is 6.10 Å². The van der Waals surface area contributed by atoms with E-state index in [0.29, 0.717) is 0 Å². The predicted octanol–water partition coefficient (Wildman–Crippen LogP) is 19.3. The number of hydrogen-bond donors (Lipinski definition) is 0. The molecule has 0 radical (unpaired) electrons. The second kappa shape index (κ2) is 47.0. The lowest BCUT2D eigenvalue weighted by molar-refractivity contribution is 0.178. The van der Waals surface area contributed by atoms with Crippen LogP contribution in [0.3, 0.4) is 0 Å². The first kappa shape index (κ1) is 56.9. The molecule has 4 heteroatoms. The van der Waals surface area contributed by atoms with Crippen LogP contribution in [0.2, 0.25) is 0 Å². The first-order valence-corrected chi connectivity index (χ1v) is 28.6. The van der Waals surface area contributed by atoms with Crippen molar-refractivity contribution in [3.63, 3.8) is 0 Å². The average Bonchev–Trinajstić information content (AvgIpc) is 3.18. The van der Waals surface area contributed by atoms with Gasteiger partial charge in [0.1, 0.15) is 0 Å². The number of unbranched alkanes of at least 4 members (excludes halogenated alkanes) is 38. The van der Waals surface area contributed by atoms with Gasteiger partial charge in [-0.25, -0.2) is 0 Å². The fourth-order valence-electron chi connectivity index (χ4n) is 9.20. The lowest BCUT2D eigenvalue weighted by Gasteiger charge is -2.20. The molecule has 1 atom stereocenters. The van der Waals surface area contributed by atoms with Crippen LogP contribution in [-0.2, 0) is 14.3 Å². The first-order valence-electron chi connectivity index (χ1n) is 26.8. The topological polar surface area (TPSA) is 43.4 Å². The summed E-state index contributed by atoms with van der Waals surface area (Å²) in [6.07, 6.45) is 65.3. The maximum atomic E-state index is 12.2. The van der Waals surface area contributed by atoms with Gasteiger partial charge >= 0.3 is 0 Å². The molecule has 0 bridgehead atoms. The molecule has 0 saturated carbocycles. The smallest absolute Gasteiger partial charge is 0.264 e. The van der Waals surface area contributed by atoms with Crippen LogP contribution in [-0.4, -0.2) is 20.8 Å². The van der Waals surface area contributed by atoms with Gasteiger partial charge in [0.15, 0.2) is 0 Å². The fraction of sp³-hybridized carbons (Fsp3) is 1.00. The van der Waals surface area contributed by atoms with Crippen LogP contribution in [0, 0.1) is 5.92 Å². The van der Waals surface area contributed by atoms with Crippen molar-refractivity contribution in [3.05, 3.63) is 0 Å². The van der Waals surface area contributed by atoms with Gasteiger partial charge in [0.05, 0.1) is 12.4 Å². The molecule has 57 heavy (non-hydrogen) atoms. The van der Waals surface area contributed by atoms with Crippen LogP contribution in [0.15, 0.2) is 0 Å². The standard InChI is InChI=1S/C53H108O3S/c1-5-8-11-14-17-20-23-26-27-28-29-30-33-36-39-42-45-50-53(56-57(4,54)55)51-46-49-52(47-43-40-37-34-31-24-21-18-15-12-9-6-2)48-44-41-38-35-32-25-22-19-16-13-10-7-3/h52-53H,5-51H2,1-4H3. The van der Waals surface area contributed by atoms with Gasteiger partial charge in [0.25, 0.3) is 10.1 Å². The van der Waals surface area contributed by atoms with Crippen LogP contribution < -0.4 is 0 Å². The Morgan fingerprint density at radius 1 is 0.281 bits per heavy atom. The van der Waals surface area contributed by atoms with Crippen molar-refractivity contribution in [1.82, 2.24) is 0 Å². The molecule has 0 saturated heterocycles. The highest BCUT2D eigenvalue weighted by Gasteiger charge is 2.17. The summed E-state index contributed by atoms with van der Waals surface area (Å²) in [6, 6.07) is 0. The summed E-state index contributed by atoms with van der Waals surface area (Å²) in [4.78, 5) is 0. The van der Waals surface area contributed by atoms with Gasteiger partial charge in [-0.05, 0) is 18.8 Å². The predicted molar refractivity (Wildman–Crippen MR) is 257 cm³/mol. The van der Waals surface area contributed by atoms with Crippen molar-refractivity contribution < 1.29 is 12.6 Å². The first-order chi connectivity index (χ1) is 27.9. The van der Waals surface area contributed by atoms with E-state index < -0.39 is 10.1 Å². The van der Waals surface area contributed by atoms with E-state index in [0.717, 1.165) is 31.6 Å². The van der Waals surface area contributed by atoms with Crippen LogP contribution in [0.25, 0.3) is 0 Å². The Balaban J connectivity index is 4.37. The summed E-state index contributed by atoms with van der Waals surface area (Å²) in [6.45, 7) is 6.90. The SMILES string of the molecule is CCCCCCCCCCCCCCCCCCCC(CCCC(CCCCCCCCCCCCCC)CCCCCCCCCCCCCC)OS(C)(=O)=O. The second-order valence-corrected chi connectivity index (χ2v) is 20.6. The Hall–Kier alpha value is -0.0900. The Morgan fingerprint density at radius 3 is 0.719 bits per heavy atom. The molecule has 0 amide bonds. The summed E-state index contributed by atoms with van der Waals surface area (Å²) in [5.41, 5.74) is 0. The molecule has 1 unspecified atom stereocenters. The molecule has 3 nitrogen and oxygen atoms in total. The van der Waals surface area contributed by atoms with Crippen molar-refractivity contribution in [1.29, 1.82) is 0 Å². The minimum Gasteiger partial charge on any atom is -0.267 e. The summed E-state index contributed by atoms with van der Waals surface area (Å²) in [5, 5.41) is 0. The van der Waals surface area contributed by atoms with Crippen LogP contribution >= 0.6 is 0 Å². The molecule has 0 spiro atoms. The highest BCUT2D eigenvalue weighted by molar-refractivity contribution is 7.86. The van der Waals surface area contributed by atoms with Gasteiger partial charge in [-0.1, -0.05) is 310 Å². The van der Waals surface area contributed by atoms with Gasteiger partial charge in [-0.15, -0.1) is 0 Å². The highest BCUT2D eigenvalue weighted by Crippen LogP contribution is 2.26. The van der Waals surface area contributed by atoms with Gasteiger partial charge in [0.2, 0.25) is 0 Å². The van der Waals surface area contributed by atoms with E-state index in [1.165, 1.54) is 282 Å². The van der Waals surface area contributed by atoms with Crippen LogP contribution in [0.5, 0.6) is 0 Å². The zero-order valence-corrected chi connectivity index (χ0v) is 40.8. The minimum atomic E-state index is -3.42. The van der Waals surface area contributed by atoms with E-state index in [2.05, 4.69) is 20.8 Å². The molecule has 0 aromatic heterocycles. The largest absolute Gasteiger partial charge is 0.267 e. The third-order valence-corrected chi connectivity index (χ3v) is 13.6. The van der Waals surface area contributed by atoms with Crippen molar-refractivity contribution >= 4 is 10.1 Å². The third kappa shape index (κ3) is 48.5. The molecule has 0 aliphatic heterocycles. The lowest BCUT2D eigenvalue weighted by atomic mass is 9.89. The van der Waals surface area contributed by atoms with Crippen LogP contribution in [0.4, 0.5) is 0 Å². The number of hydrogen-bond acceptors (Lipinski definition) is 3. The molecule has 0 fully saturated rings. The Labute approximate surface area is 362 Å². The Bertz CT molecular complexity index is 813. The molecule has 0 aromatic rings. The molecule has 0 rings (SSSR count).